The molecular formula is C15H7F3N2OS2. The van der Waals surface area contributed by atoms with Crippen molar-refractivity contribution < 1.29 is 18.0 Å². The summed E-state index contributed by atoms with van der Waals surface area (Å²) in [6, 6.07) is 8.44. The van der Waals surface area contributed by atoms with Crippen molar-refractivity contribution in [2.75, 3.05) is 5.32 Å². The molecule has 0 saturated carbocycles. The van der Waals surface area contributed by atoms with Gasteiger partial charge in [0.05, 0.1) is 27.7 Å². The van der Waals surface area contributed by atoms with Crippen LogP contribution < -0.4 is 5.32 Å². The molecule has 23 heavy (non-hydrogen) atoms. The van der Waals surface area contributed by atoms with E-state index in [1.54, 1.807) is 12.1 Å². The van der Waals surface area contributed by atoms with Gasteiger partial charge in [-0.3, -0.25) is 4.79 Å². The summed E-state index contributed by atoms with van der Waals surface area (Å²) in [5.74, 6) is -0.597. The molecule has 3 rings (SSSR count). The molecule has 0 unspecified atom stereocenters. The number of aliphatic imine (C=N–C) groups is 1. The number of hydrogen-bond acceptors (Lipinski definition) is 4. The van der Waals surface area contributed by atoms with E-state index in [2.05, 4.69) is 22.5 Å². The molecule has 0 aliphatic carbocycles. The number of carbonyl (C=O) groups is 1. The number of fused-ring (bicyclic) bond motifs is 2. The summed E-state index contributed by atoms with van der Waals surface area (Å²) in [7, 11) is 0. The number of nitrogens with zero attached hydrogens (tertiary/aromatic N) is 1. The highest BCUT2D eigenvalue weighted by molar-refractivity contribution is 7.99. The van der Waals surface area contributed by atoms with Gasteiger partial charge in [0.1, 0.15) is 0 Å². The molecule has 1 amide bonds. The Morgan fingerprint density at radius 3 is 2.70 bits per heavy atom. The zero-order valence-electron chi connectivity index (χ0n) is 11.3. The van der Waals surface area contributed by atoms with E-state index in [4.69, 9.17) is 0 Å². The zero-order chi connectivity index (χ0) is 16.6. The molecule has 0 saturated heterocycles. The first-order valence-electron chi connectivity index (χ1n) is 6.31. The SMILES string of the molecule is O=C(N=C=S)c1cccc2c1Nc1cc(C(F)(F)F)ccc1S2. The number of hydrogen-bond donors (Lipinski definition) is 1. The summed E-state index contributed by atoms with van der Waals surface area (Å²) in [4.78, 5) is 16.7. The Morgan fingerprint density at radius 1 is 1.22 bits per heavy atom. The Bertz CT molecular complexity index is 858. The molecule has 0 aromatic heterocycles. The minimum Gasteiger partial charge on any atom is -0.353 e. The van der Waals surface area contributed by atoms with E-state index in [0.29, 0.717) is 16.3 Å². The van der Waals surface area contributed by atoms with E-state index in [9.17, 15) is 18.0 Å². The highest BCUT2D eigenvalue weighted by Gasteiger charge is 2.32. The lowest BCUT2D eigenvalue weighted by Gasteiger charge is -2.23. The fraction of sp³-hybridized carbons (Fsp3) is 0.0667. The number of halogens is 3. The average molecular weight is 352 g/mol. The summed E-state index contributed by atoms with van der Waals surface area (Å²) in [6.45, 7) is 0. The van der Waals surface area contributed by atoms with Crippen molar-refractivity contribution in [2.24, 2.45) is 4.99 Å². The average Bonchev–Trinajstić information content (AvgIpc) is 2.51. The second-order valence-electron chi connectivity index (χ2n) is 4.62. The zero-order valence-corrected chi connectivity index (χ0v) is 12.9. The first kappa shape index (κ1) is 15.7. The Kier molecular flexibility index (Phi) is 3.97. The third kappa shape index (κ3) is 3.01. The number of thiocarbonyl (C=S) groups is 1. The van der Waals surface area contributed by atoms with Gasteiger partial charge in [0.2, 0.25) is 0 Å². The maximum atomic E-state index is 12.8. The van der Waals surface area contributed by atoms with Crippen LogP contribution in [-0.2, 0) is 6.18 Å². The summed E-state index contributed by atoms with van der Waals surface area (Å²) in [5, 5.41) is 4.89. The van der Waals surface area contributed by atoms with Crippen molar-refractivity contribution in [2.45, 2.75) is 16.0 Å². The Morgan fingerprint density at radius 2 is 2.00 bits per heavy atom. The highest BCUT2D eigenvalue weighted by Crippen LogP contribution is 2.47. The fourth-order valence-electron chi connectivity index (χ4n) is 2.17. The quantitative estimate of drug-likeness (QED) is 0.485. The number of benzene rings is 2. The maximum absolute atomic E-state index is 12.8. The van der Waals surface area contributed by atoms with Gasteiger partial charge in [-0.1, -0.05) is 17.8 Å². The fourth-order valence-corrected chi connectivity index (χ4v) is 3.26. The number of nitrogens with one attached hydrogen (secondary N) is 1. The van der Waals surface area contributed by atoms with Crippen LogP contribution >= 0.6 is 24.0 Å². The molecule has 1 aliphatic rings. The van der Waals surface area contributed by atoms with Gasteiger partial charge in [-0.05, 0) is 42.5 Å². The molecule has 2 aromatic carbocycles. The Balaban J connectivity index is 2.07. The second-order valence-corrected chi connectivity index (χ2v) is 5.89. The summed E-state index contributed by atoms with van der Waals surface area (Å²) >= 11 is 5.70. The Labute approximate surface area is 138 Å². The minimum atomic E-state index is -4.43. The van der Waals surface area contributed by atoms with E-state index in [-0.39, 0.29) is 5.56 Å². The molecule has 0 bridgehead atoms. The van der Waals surface area contributed by atoms with Gasteiger partial charge in [-0.15, -0.1) is 0 Å². The van der Waals surface area contributed by atoms with Gasteiger partial charge in [-0.2, -0.15) is 18.2 Å². The van der Waals surface area contributed by atoms with Crippen LogP contribution in [0.1, 0.15) is 15.9 Å². The lowest BCUT2D eigenvalue weighted by atomic mass is 10.1. The van der Waals surface area contributed by atoms with Crippen LogP contribution in [0, 0.1) is 0 Å². The van der Waals surface area contributed by atoms with Crippen LogP contribution in [-0.4, -0.2) is 11.1 Å². The van der Waals surface area contributed by atoms with Gasteiger partial charge in [0, 0.05) is 9.79 Å². The van der Waals surface area contributed by atoms with Gasteiger partial charge in [0.25, 0.3) is 5.91 Å². The van der Waals surface area contributed by atoms with Crippen molar-refractivity contribution >= 4 is 46.4 Å². The first-order chi connectivity index (χ1) is 10.9. The molecule has 0 spiro atoms. The number of alkyl halides is 3. The molecule has 1 aliphatic heterocycles. The first-order valence-corrected chi connectivity index (χ1v) is 7.54. The van der Waals surface area contributed by atoms with Crippen molar-refractivity contribution in [3.63, 3.8) is 0 Å². The van der Waals surface area contributed by atoms with Gasteiger partial charge in [0.15, 0.2) is 0 Å². The molecule has 0 fully saturated rings. The minimum absolute atomic E-state index is 0.232. The molecule has 1 heterocycles. The van der Waals surface area contributed by atoms with E-state index in [1.807, 2.05) is 5.16 Å². The predicted molar refractivity (Wildman–Crippen MR) is 84.6 cm³/mol. The molecule has 0 radical (unpaired) electrons. The number of para-hydroxylation sites is 1. The van der Waals surface area contributed by atoms with Crippen LogP contribution in [0.4, 0.5) is 24.5 Å². The number of rotatable bonds is 1. The molecule has 3 nitrogen and oxygen atoms in total. The molecule has 116 valence electrons. The van der Waals surface area contributed by atoms with Gasteiger partial charge in [-0.25, -0.2) is 0 Å². The molecule has 0 atom stereocenters. The van der Waals surface area contributed by atoms with E-state index in [1.165, 1.54) is 23.9 Å². The van der Waals surface area contributed by atoms with Gasteiger partial charge < -0.3 is 5.32 Å². The monoisotopic (exact) mass is 352 g/mol. The summed E-state index contributed by atoms with van der Waals surface area (Å²) < 4.78 is 38.5. The van der Waals surface area contributed by atoms with Crippen molar-refractivity contribution in [1.29, 1.82) is 0 Å². The lowest BCUT2D eigenvalue weighted by molar-refractivity contribution is -0.137. The van der Waals surface area contributed by atoms with E-state index in [0.717, 1.165) is 17.0 Å². The number of carbonyl (C=O) groups excluding carboxylic acids is 1. The van der Waals surface area contributed by atoms with Crippen LogP contribution in [0.5, 0.6) is 0 Å². The number of anilines is 2. The third-order valence-corrected chi connectivity index (χ3v) is 4.42. The van der Waals surface area contributed by atoms with Crippen LogP contribution in [0.15, 0.2) is 51.2 Å². The smallest absolute Gasteiger partial charge is 0.353 e. The third-order valence-electron chi connectivity index (χ3n) is 3.19. The van der Waals surface area contributed by atoms with E-state index < -0.39 is 17.6 Å². The normalized spacial score (nSPS) is 12.5. The van der Waals surface area contributed by atoms with Crippen molar-refractivity contribution in [3.8, 4) is 0 Å². The lowest BCUT2D eigenvalue weighted by Crippen LogP contribution is -2.09. The standard InChI is InChI=1S/C15H7F3N2OS2/c16-15(17,18)8-4-5-11-10(6-8)20-13-9(14(21)19-7-22)2-1-3-12(13)23-11/h1-6,20H. The molecule has 8 heteroatoms. The molecule has 1 N–H and O–H groups in total. The van der Waals surface area contributed by atoms with Crippen LogP contribution in [0.3, 0.4) is 0 Å². The molecular weight excluding hydrogens is 345 g/mol. The van der Waals surface area contributed by atoms with Gasteiger partial charge >= 0.3 is 6.18 Å². The topological polar surface area (TPSA) is 41.5 Å². The summed E-state index contributed by atoms with van der Waals surface area (Å²) in [5.41, 5.74) is 0.191. The van der Waals surface area contributed by atoms with Crippen molar-refractivity contribution in [1.82, 2.24) is 0 Å². The molecule has 2 aromatic rings. The number of amides is 1. The van der Waals surface area contributed by atoms with Crippen LogP contribution in [0.25, 0.3) is 0 Å². The predicted octanol–water partition coefficient (Wildman–Crippen LogP) is 5.16. The second kappa shape index (κ2) is 5.81. The maximum Gasteiger partial charge on any atom is 0.416 e. The number of isothiocyanates is 1. The Hall–Kier alpha value is -2.15. The largest absolute Gasteiger partial charge is 0.416 e. The van der Waals surface area contributed by atoms with Crippen molar-refractivity contribution in [3.05, 3.63) is 47.5 Å². The summed E-state index contributed by atoms with van der Waals surface area (Å²) in [6.07, 6.45) is -4.43. The highest BCUT2D eigenvalue weighted by atomic mass is 32.2. The van der Waals surface area contributed by atoms with Crippen LogP contribution in [0.2, 0.25) is 0 Å². The van der Waals surface area contributed by atoms with E-state index >= 15 is 0 Å².